The first-order chi connectivity index (χ1) is 13.9. The van der Waals surface area contributed by atoms with Gasteiger partial charge in [0.05, 0.1) is 0 Å². The molecule has 6 rings (SSSR count). The molecule has 0 saturated heterocycles. The molecule has 1 aliphatic carbocycles. The Balaban J connectivity index is 1.74. The second kappa shape index (κ2) is 6.07. The monoisotopic (exact) mass is 356 g/mol. The number of hydrogen-bond acceptors (Lipinski definition) is 0. The Hall–Kier alpha value is -3.38. The van der Waals surface area contributed by atoms with Crippen LogP contribution in [0, 0.1) is 0 Å². The molecule has 0 atom stereocenters. The molecule has 0 bridgehead atoms. The summed E-state index contributed by atoms with van der Waals surface area (Å²) in [6.07, 6.45) is 2.21. The van der Waals surface area contributed by atoms with Crippen LogP contribution in [0.15, 0.2) is 97.1 Å². The second-order valence-electron chi connectivity index (χ2n) is 7.68. The summed E-state index contributed by atoms with van der Waals surface area (Å²) in [4.78, 5) is 0. The second-order valence-corrected chi connectivity index (χ2v) is 7.68. The van der Waals surface area contributed by atoms with Gasteiger partial charge in [-0.2, -0.15) is 0 Å². The summed E-state index contributed by atoms with van der Waals surface area (Å²) in [7, 11) is 0. The zero-order chi connectivity index (χ0) is 18.5. The van der Waals surface area contributed by atoms with E-state index in [1.807, 2.05) is 0 Å². The van der Waals surface area contributed by atoms with E-state index in [2.05, 4.69) is 97.1 Å². The van der Waals surface area contributed by atoms with Crippen molar-refractivity contribution in [3.05, 3.63) is 108 Å². The van der Waals surface area contributed by atoms with Gasteiger partial charge in [-0.1, -0.05) is 91.0 Å². The van der Waals surface area contributed by atoms with Crippen LogP contribution in [0.1, 0.15) is 11.1 Å². The standard InChI is InChI=1S/C28H20/c1-4-11-22-19(8-1)16-17-26-25(22)14-7-15-27(26)28-23-12-5-2-9-20(23)18-21-10-3-6-13-24(21)28/h1-15,18H,16-17H2. The fourth-order valence-electron chi connectivity index (χ4n) is 4.91. The van der Waals surface area contributed by atoms with Crippen LogP contribution in [-0.2, 0) is 12.8 Å². The van der Waals surface area contributed by atoms with Gasteiger partial charge in [-0.25, -0.2) is 0 Å². The Kier molecular flexibility index (Phi) is 3.39. The van der Waals surface area contributed by atoms with E-state index < -0.39 is 0 Å². The molecule has 0 aliphatic heterocycles. The summed E-state index contributed by atoms with van der Waals surface area (Å²) in [5, 5.41) is 5.30. The molecular formula is C28H20. The van der Waals surface area contributed by atoms with Crippen LogP contribution < -0.4 is 0 Å². The highest BCUT2D eigenvalue weighted by Crippen LogP contribution is 2.43. The zero-order valence-electron chi connectivity index (χ0n) is 15.7. The smallest absolute Gasteiger partial charge is 0.00238 e. The highest BCUT2D eigenvalue weighted by atomic mass is 14.2. The molecule has 0 radical (unpaired) electrons. The van der Waals surface area contributed by atoms with Crippen molar-refractivity contribution in [2.24, 2.45) is 0 Å². The predicted octanol–water partition coefficient (Wildman–Crippen LogP) is 7.43. The summed E-state index contributed by atoms with van der Waals surface area (Å²) in [6.45, 7) is 0. The number of hydrogen-bond donors (Lipinski definition) is 0. The molecule has 28 heavy (non-hydrogen) atoms. The summed E-state index contributed by atoms with van der Waals surface area (Å²) in [6, 6.07) is 35.6. The first-order valence-electron chi connectivity index (χ1n) is 10.0. The number of fused-ring (bicyclic) bond motifs is 5. The van der Waals surface area contributed by atoms with E-state index in [1.54, 1.807) is 0 Å². The van der Waals surface area contributed by atoms with Gasteiger partial charge in [0.15, 0.2) is 0 Å². The first-order valence-corrected chi connectivity index (χ1v) is 10.0. The maximum atomic E-state index is 2.32. The molecule has 5 aromatic carbocycles. The van der Waals surface area contributed by atoms with Gasteiger partial charge < -0.3 is 0 Å². The summed E-state index contributed by atoms with van der Waals surface area (Å²) >= 11 is 0. The topological polar surface area (TPSA) is 0 Å². The molecular weight excluding hydrogens is 336 g/mol. The normalized spacial score (nSPS) is 12.7. The van der Waals surface area contributed by atoms with E-state index >= 15 is 0 Å². The fraction of sp³-hybridized carbons (Fsp3) is 0.0714. The molecule has 0 aromatic heterocycles. The Morgan fingerprint density at radius 1 is 0.464 bits per heavy atom. The predicted molar refractivity (Wildman–Crippen MR) is 120 cm³/mol. The lowest BCUT2D eigenvalue weighted by Crippen LogP contribution is -2.05. The van der Waals surface area contributed by atoms with Crippen molar-refractivity contribution in [3.63, 3.8) is 0 Å². The maximum absolute atomic E-state index is 2.32. The summed E-state index contributed by atoms with van der Waals surface area (Å²) in [5.41, 5.74) is 8.52. The number of aryl methyl sites for hydroxylation is 1. The molecule has 5 aromatic rings. The van der Waals surface area contributed by atoms with Crippen LogP contribution in [0.25, 0.3) is 43.8 Å². The van der Waals surface area contributed by atoms with E-state index in [9.17, 15) is 0 Å². The molecule has 0 nitrogen and oxygen atoms in total. The van der Waals surface area contributed by atoms with Gasteiger partial charge in [-0.15, -0.1) is 0 Å². The Labute approximate surface area is 165 Å². The highest BCUT2D eigenvalue weighted by molar-refractivity contribution is 6.13. The van der Waals surface area contributed by atoms with Crippen LogP contribution >= 0.6 is 0 Å². The van der Waals surface area contributed by atoms with E-state index in [4.69, 9.17) is 0 Å². The van der Waals surface area contributed by atoms with Crippen LogP contribution in [0.4, 0.5) is 0 Å². The van der Waals surface area contributed by atoms with Crippen molar-refractivity contribution in [1.29, 1.82) is 0 Å². The van der Waals surface area contributed by atoms with E-state index in [0.29, 0.717) is 0 Å². The quantitative estimate of drug-likeness (QED) is 0.274. The van der Waals surface area contributed by atoms with Crippen molar-refractivity contribution in [2.45, 2.75) is 12.8 Å². The molecule has 132 valence electrons. The van der Waals surface area contributed by atoms with Gasteiger partial charge in [0.1, 0.15) is 0 Å². The lowest BCUT2D eigenvalue weighted by atomic mass is 9.80. The molecule has 0 unspecified atom stereocenters. The third-order valence-electron chi connectivity index (χ3n) is 6.17. The third kappa shape index (κ3) is 2.25. The van der Waals surface area contributed by atoms with E-state index in [1.165, 1.54) is 54.9 Å². The zero-order valence-corrected chi connectivity index (χ0v) is 15.7. The minimum absolute atomic E-state index is 1.10. The minimum atomic E-state index is 1.10. The molecule has 0 saturated carbocycles. The Bertz CT molecular complexity index is 1300. The van der Waals surface area contributed by atoms with Gasteiger partial charge in [0.2, 0.25) is 0 Å². The lowest BCUT2D eigenvalue weighted by molar-refractivity contribution is 0.944. The molecule has 0 N–H and O–H groups in total. The molecule has 1 aliphatic rings. The fourth-order valence-corrected chi connectivity index (χ4v) is 4.91. The molecule has 0 fully saturated rings. The Morgan fingerprint density at radius 3 is 1.86 bits per heavy atom. The summed E-state index contributed by atoms with van der Waals surface area (Å²) < 4.78 is 0. The molecule has 0 amide bonds. The van der Waals surface area contributed by atoms with Crippen molar-refractivity contribution < 1.29 is 0 Å². The van der Waals surface area contributed by atoms with E-state index in [0.717, 1.165) is 12.8 Å². The van der Waals surface area contributed by atoms with Crippen molar-refractivity contribution >= 4 is 21.5 Å². The van der Waals surface area contributed by atoms with Gasteiger partial charge in [-0.3, -0.25) is 0 Å². The van der Waals surface area contributed by atoms with E-state index in [-0.39, 0.29) is 0 Å². The minimum Gasteiger partial charge on any atom is -0.0620 e. The van der Waals surface area contributed by atoms with Crippen LogP contribution in [0.5, 0.6) is 0 Å². The average Bonchev–Trinajstić information content (AvgIpc) is 2.77. The van der Waals surface area contributed by atoms with Crippen LogP contribution in [0.2, 0.25) is 0 Å². The molecule has 0 heterocycles. The molecule has 0 spiro atoms. The van der Waals surface area contributed by atoms with Gasteiger partial charge in [0, 0.05) is 0 Å². The van der Waals surface area contributed by atoms with Crippen molar-refractivity contribution in [3.8, 4) is 22.3 Å². The van der Waals surface area contributed by atoms with Crippen LogP contribution in [-0.4, -0.2) is 0 Å². The number of rotatable bonds is 1. The summed E-state index contributed by atoms with van der Waals surface area (Å²) in [5.74, 6) is 0. The first kappa shape index (κ1) is 15.7. The lowest BCUT2D eigenvalue weighted by Gasteiger charge is -2.24. The van der Waals surface area contributed by atoms with Gasteiger partial charge in [0.25, 0.3) is 0 Å². The highest BCUT2D eigenvalue weighted by Gasteiger charge is 2.20. The third-order valence-corrected chi connectivity index (χ3v) is 6.17. The Morgan fingerprint density at radius 2 is 1.07 bits per heavy atom. The molecule has 0 heteroatoms. The maximum Gasteiger partial charge on any atom is -0.00238 e. The largest absolute Gasteiger partial charge is 0.0620 e. The van der Waals surface area contributed by atoms with Crippen molar-refractivity contribution in [2.75, 3.05) is 0 Å². The van der Waals surface area contributed by atoms with Gasteiger partial charge in [-0.05, 0) is 73.8 Å². The number of benzene rings is 5. The van der Waals surface area contributed by atoms with Crippen molar-refractivity contribution in [1.82, 2.24) is 0 Å². The average molecular weight is 356 g/mol. The SMILES string of the molecule is c1ccc2c(c1)CCc1c-2cccc1-c1c2ccccc2cc2ccccc12. The van der Waals surface area contributed by atoms with Gasteiger partial charge >= 0.3 is 0 Å². The van der Waals surface area contributed by atoms with Crippen LogP contribution in [0.3, 0.4) is 0 Å².